The van der Waals surface area contributed by atoms with Crippen LogP contribution in [0.25, 0.3) is 0 Å². The highest BCUT2D eigenvalue weighted by Gasteiger charge is 2.23. The van der Waals surface area contributed by atoms with Crippen molar-refractivity contribution in [2.75, 3.05) is 0 Å². The summed E-state index contributed by atoms with van der Waals surface area (Å²) in [6.45, 7) is 6.99. The number of aliphatic carboxylic acids is 2. The number of nitrogens with one attached hydrogen (secondary N) is 2. The SMILES string of the molecule is CC(C)C[C@H](NC(=O)C(=O)N[C@@H](CC(C)C)C(=O)[O-])C(=O)[O-]. The van der Waals surface area contributed by atoms with E-state index < -0.39 is 35.8 Å². The van der Waals surface area contributed by atoms with Crippen molar-refractivity contribution in [3.8, 4) is 0 Å². The van der Waals surface area contributed by atoms with Crippen LogP contribution in [0.1, 0.15) is 40.5 Å². The molecular weight excluding hydrogens is 292 g/mol. The minimum atomic E-state index is -1.51. The highest BCUT2D eigenvalue weighted by atomic mass is 16.4. The quantitative estimate of drug-likeness (QED) is 0.477. The molecule has 0 spiro atoms. The molecule has 2 amide bonds. The molecule has 0 heterocycles. The maximum Gasteiger partial charge on any atom is 0.309 e. The van der Waals surface area contributed by atoms with Gasteiger partial charge in [-0.05, 0) is 24.7 Å². The van der Waals surface area contributed by atoms with E-state index in [2.05, 4.69) is 0 Å². The highest BCUT2D eigenvalue weighted by molar-refractivity contribution is 6.35. The van der Waals surface area contributed by atoms with Gasteiger partial charge in [0.05, 0.1) is 24.0 Å². The van der Waals surface area contributed by atoms with Crippen molar-refractivity contribution in [1.82, 2.24) is 10.6 Å². The van der Waals surface area contributed by atoms with Gasteiger partial charge in [0.1, 0.15) is 0 Å². The Balaban J connectivity index is 4.72. The van der Waals surface area contributed by atoms with Crippen LogP contribution in [0.3, 0.4) is 0 Å². The van der Waals surface area contributed by atoms with Crippen LogP contribution in [0, 0.1) is 11.8 Å². The van der Waals surface area contributed by atoms with Crippen molar-refractivity contribution in [3.05, 3.63) is 0 Å². The van der Waals surface area contributed by atoms with E-state index in [4.69, 9.17) is 0 Å². The molecule has 0 aliphatic rings. The van der Waals surface area contributed by atoms with Crippen LogP contribution in [0.2, 0.25) is 0 Å². The van der Waals surface area contributed by atoms with Crippen molar-refractivity contribution < 1.29 is 29.4 Å². The van der Waals surface area contributed by atoms with Gasteiger partial charge in [0, 0.05) is 0 Å². The summed E-state index contributed by atoms with van der Waals surface area (Å²) < 4.78 is 0. The minimum absolute atomic E-state index is 0.0387. The van der Waals surface area contributed by atoms with Gasteiger partial charge in [-0.3, -0.25) is 9.59 Å². The third kappa shape index (κ3) is 7.61. The molecule has 2 atom stereocenters. The van der Waals surface area contributed by atoms with Gasteiger partial charge in [0.15, 0.2) is 0 Å². The van der Waals surface area contributed by atoms with Crippen molar-refractivity contribution in [3.63, 3.8) is 0 Å². The first-order chi connectivity index (χ1) is 10.0. The van der Waals surface area contributed by atoms with E-state index in [1.807, 2.05) is 10.6 Å². The summed E-state index contributed by atoms with van der Waals surface area (Å²) in [4.78, 5) is 45.1. The smallest absolute Gasteiger partial charge is 0.309 e. The predicted octanol–water partition coefficient (Wildman–Crippen LogP) is -2.45. The molecule has 0 saturated heterocycles. The normalized spacial score (nSPS) is 13.5. The number of hydrogen-bond acceptors (Lipinski definition) is 6. The van der Waals surface area contributed by atoms with Crippen LogP contribution in [0.5, 0.6) is 0 Å². The van der Waals surface area contributed by atoms with Gasteiger partial charge in [0.25, 0.3) is 0 Å². The van der Waals surface area contributed by atoms with Crippen LogP contribution >= 0.6 is 0 Å². The van der Waals surface area contributed by atoms with Gasteiger partial charge in [-0.1, -0.05) is 27.7 Å². The van der Waals surface area contributed by atoms with Crippen molar-refractivity contribution in [2.24, 2.45) is 11.8 Å². The van der Waals surface area contributed by atoms with E-state index in [9.17, 15) is 29.4 Å². The zero-order valence-electron chi connectivity index (χ0n) is 13.2. The van der Waals surface area contributed by atoms with Gasteiger partial charge >= 0.3 is 11.8 Å². The first kappa shape index (κ1) is 19.9. The van der Waals surface area contributed by atoms with Crippen LogP contribution in [0.4, 0.5) is 0 Å². The van der Waals surface area contributed by atoms with E-state index >= 15 is 0 Å². The summed E-state index contributed by atoms with van der Waals surface area (Å²) in [6.07, 6.45) is 0.189. The maximum absolute atomic E-state index is 11.7. The lowest BCUT2D eigenvalue weighted by atomic mass is 10.0. The van der Waals surface area contributed by atoms with Crippen molar-refractivity contribution in [2.45, 2.75) is 52.6 Å². The summed E-state index contributed by atoms with van der Waals surface area (Å²) >= 11 is 0. The van der Waals surface area contributed by atoms with E-state index in [0.717, 1.165) is 0 Å². The zero-order valence-corrected chi connectivity index (χ0v) is 13.2. The Kier molecular flexibility index (Phi) is 8.14. The molecule has 0 aliphatic heterocycles. The Labute approximate surface area is 129 Å². The number of rotatable bonds is 8. The number of carbonyl (C=O) groups is 4. The van der Waals surface area contributed by atoms with Crippen LogP contribution < -0.4 is 20.8 Å². The topological polar surface area (TPSA) is 138 Å². The van der Waals surface area contributed by atoms with Crippen molar-refractivity contribution >= 4 is 23.8 Å². The molecular formula is C14H22N2O6-2. The summed E-state index contributed by atoms with van der Waals surface area (Å²) in [5, 5.41) is 25.9. The first-order valence-corrected chi connectivity index (χ1v) is 7.07. The van der Waals surface area contributed by atoms with Gasteiger partial charge in [-0.15, -0.1) is 0 Å². The van der Waals surface area contributed by atoms with Crippen molar-refractivity contribution in [1.29, 1.82) is 0 Å². The summed E-state index contributed by atoms with van der Waals surface area (Å²) in [5.41, 5.74) is 0. The largest absolute Gasteiger partial charge is 0.548 e. The molecule has 0 radical (unpaired) electrons. The third-order valence-electron chi connectivity index (χ3n) is 2.80. The Morgan fingerprint density at radius 2 is 1.00 bits per heavy atom. The Bertz CT molecular complexity index is 393. The molecule has 2 N–H and O–H groups in total. The molecule has 0 bridgehead atoms. The standard InChI is InChI=1S/C14H24N2O6/c1-7(2)5-9(13(19)20)15-11(17)12(18)16-10(14(21)22)6-8(3)4/h7-10H,5-6H2,1-4H3,(H,15,17)(H,16,18)(H,19,20)(H,21,22)/p-2/t9-,10-/m0/s1. The third-order valence-corrected chi connectivity index (χ3v) is 2.80. The average molecular weight is 314 g/mol. The molecule has 126 valence electrons. The molecule has 0 unspecified atom stereocenters. The molecule has 0 rings (SSSR count). The van der Waals surface area contributed by atoms with Crippen LogP contribution in [0.15, 0.2) is 0 Å². The summed E-state index contributed by atoms with van der Waals surface area (Å²) in [6, 6.07) is -2.63. The second kappa shape index (κ2) is 9.01. The number of carbonyl (C=O) groups excluding carboxylic acids is 4. The fourth-order valence-electron chi connectivity index (χ4n) is 1.82. The predicted molar refractivity (Wildman–Crippen MR) is 72.8 cm³/mol. The number of carboxylic acids is 2. The second-order valence-corrected chi connectivity index (χ2v) is 5.95. The molecule has 0 aromatic carbocycles. The van der Waals surface area contributed by atoms with Crippen LogP contribution in [-0.2, 0) is 19.2 Å². The molecule has 22 heavy (non-hydrogen) atoms. The molecule has 0 aliphatic carbocycles. The van der Waals surface area contributed by atoms with Gasteiger partial charge in [-0.2, -0.15) is 0 Å². The van der Waals surface area contributed by atoms with E-state index in [0.29, 0.717) is 0 Å². The Hall–Kier alpha value is -2.12. The molecule has 0 aromatic heterocycles. The summed E-state index contributed by atoms with van der Waals surface area (Å²) in [7, 11) is 0. The monoisotopic (exact) mass is 314 g/mol. The summed E-state index contributed by atoms with van der Waals surface area (Å²) in [5.74, 6) is -5.52. The molecule has 0 fully saturated rings. The molecule has 8 nitrogen and oxygen atoms in total. The Morgan fingerprint density at radius 1 is 0.727 bits per heavy atom. The minimum Gasteiger partial charge on any atom is -0.548 e. The van der Waals surface area contributed by atoms with E-state index in [-0.39, 0.29) is 24.7 Å². The van der Waals surface area contributed by atoms with E-state index in [1.165, 1.54) is 0 Å². The Morgan fingerprint density at radius 3 is 1.18 bits per heavy atom. The van der Waals surface area contributed by atoms with Gasteiger partial charge < -0.3 is 30.4 Å². The lowest BCUT2D eigenvalue weighted by Gasteiger charge is -2.23. The maximum atomic E-state index is 11.7. The number of hydrogen-bond donors (Lipinski definition) is 2. The lowest BCUT2D eigenvalue weighted by Crippen LogP contribution is -2.56. The van der Waals surface area contributed by atoms with Gasteiger partial charge in [0.2, 0.25) is 0 Å². The average Bonchev–Trinajstić information content (AvgIpc) is 2.35. The molecule has 0 saturated carbocycles. The highest BCUT2D eigenvalue weighted by Crippen LogP contribution is 2.05. The van der Waals surface area contributed by atoms with Gasteiger partial charge in [-0.25, -0.2) is 0 Å². The fourth-order valence-corrected chi connectivity index (χ4v) is 1.82. The first-order valence-electron chi connectivity index (χ1n) is 7.07. The number of amides is 2. The molecule has 8 heteroatoms. The van der Waals surface area contributed by atoms with E-state index in [1.54, 1.807) is 27.7 Å². The zero-order chi connectivity index (χ0) is 17.4. The van der Waals surface area contributed by atoms with Crippen LogP contribution in [-0.4, -0.2) is 35.8 Å². The fraction of sp³-hybridized carbons (Fsp3) is 0.714. The molecule has 0 aromatic rings. The lowest BCUT2D eigenvalue weighted by molar-refractivity contribution is -0.310. The number of carboxylic acid groups (broad SMARTS) is 2. The second-order valence-electron chi connectivity index (χ2n) is 5.95.